The Balaban J connectivity index is 1.74. The molecule has 0 aliphatic rings. The zero-order valence-electron chi connectivity index (χ0n) is 26.6. The van der Waals surface area contributed by atoms with Crippen LogP contribution in [0.5, 0.6) is 0 Å². The first-order valence-corrected chi connectivity index (χ1v) is 15.4. The molecule has 0 bridgehead atoms. The Morgan fingerprint density at radius 3 is 2.24 bits per heavy atom. The van der Waals surface area contributed by atoms with E-state index in [-0.39, 0.29) is 36.8 Å². The number of carbonyl (C=O) groups is 3. The molecule has 0 spiro atoms. The summed E-state index contributed by atoms with van der Waals surface area (Å²) < 4.78 is 10.9. The summed E-state index contributed by atoms with van der Waals surface area (Å²) in [7, 11) is 0. The molecular weight excluding hydrogens is 598 g/mol. The smallest absolute Gasteiger partial charge is 0.323 e. The van der Waals surface area contributed by atoms with Gasteiger partial charge in [0.15, 0.2) is 0 Å². The third-order valence-electron chi connectivity index (χ3n) is 7.36. The first-order chi connectivity index (χ1) is 21.3. The summed E-state index contributed by atoms with van der Waals surface area (Å²) in [4.78, 5) is 50.1. The Hall–Kier alpha value is -4.00. The van der Waals surface area contributed by atoms with E-state index in [4.69, 9.17) is 32.5 Å². The molecule has 0 fully saturated rings. The van der Waals surface area contributed by atoms with E-state index in [0.29, 0.717) is 34.2 Å². The van der Waals surface area contributed by atoms with Gasteiger partial charge >= 0.3 is 11.9 Å². The SMILES string of the molecule is CC[C@H](COC(=O)[C@@H](N)C(C)C)Nc1ncc(C)c(-c2c[nH]c(C(=O)NC(COC(=O)[C@@H](N)C(C)C)c3cccc(Cl)c3)c2)n1. The third-order valence-corrected chi connectivity index (χ3v) is 7.59. The van der Waals surface area contributed by atoms with E-state index in [1.165, 1.54) is 0 Å². The van der Waals surface area contributed by atoms with Crippen molar-refractivity contribution in [1.82, 2.24) is 20.3 Å². The fourth-order valence-electron chi connectivity index (χ4n) is 4.18. The van der Waals surface area contributed by atoms with Crippen molar-refractivity contribution in [2.24, 2.45) is 23.3 Å². The quantitative estimate of drug-likeness (QED) is 0.151. The molecule has 2 heterocycles. The van der Waals surface area contributed by atoms with Gasteiger partial charge in [0.1, 0.15) is 31.0 Å². The zero-order chi connectivity index (χ0) is 33.3. The van der Waals surface area contributed by atoms with Crippen LogP contribution >= 0.6 is 11.6 Å². The van der Waals surface area contributed by atoms with Gasteiger partial charge in [-0.3, -0.25) is 14.4 Å². The average molecular weight is 642 g/mol. The summed E-state index contributed by atoms with van der Waals surface area (Å²) in [5.74, 6) is -1.22. The second-order valence-electron chi connectivity index (χ2n) is 11.7. The lowest BCUT2D eigenvalue weighted by atomic mass is 10.1. The summed E-state index contributed by atoms with van der Waals surface area (Å²) in [6, 6.07) is 6.24. The van der Waals surface area contributed by atoms with Crippen molar-refractivity contribution >= 4 is 35.4 Å². The van der Waals surface area contributed by atoms with E-state index < -0.39 is 36.0 Å². The molecule has 0 aliphatic heterocycles. The molecule has 3 rings (SSSR count). The molecule has 7 N–H and O–H groups in total. The van der Waals surface area contributed by atoms with E-state index in [0.717, 1.165) is 5.56 Å². The van der Waals surface area contributed by atoms with Crippen LogP contribution in [0.3, 0.4) is 0 Å². The Labute approximate surface area is 269 Å². The monoisotopic (exact) mass is 641 g/mol. The highest BCUT2D eigenvalue weighted by molar-refractivity contribution is 6.30. The maximum absolute atomic E-state index is 13.4. The van der Waals surface area contributed by atoms with Gasteiger partial charge in [0.2, 0.25) is 5.95 Å². The van der Waals surface area contributed by atoms with Crippen LogP contribution in [0.2, 0.25) is 5.02 Å². The van der Waals surface area contributed by atoms with Gasteiger partial charge in [0, 0.05) is 23.0 Å². The van der Waals surface area contributed by atoms with Gasteiger partial charge in [-0.05, 0) is 54.5 Å². The number of benzene rings is 1. The summed E-state index contributed by atoms with van der Waals surface area (Å²) in [5.41, 5.74) is 14.8. The number of aryl methyl sites for hydroxylation is 1. The molecular formula is C32H44ClN7O5. The van der Waals surface area contributed by atoms with Crippen LogP contribution in [-0.2, 0) is 19.1 Å². The van der Waals surface area contributed by atoms with Gasteiger partial charge in [0.25, 0.3) is 5.91 Å². The molecule has 45 heavy (non-hydrogen) atoms. The fourth-order valence-corrected chi connectivity index (χ4v) is 4.37. The second kappa shape index (κ2) is 16.4. The van der Waals surface area contributed by atoms with Gasteiger partial charge in [-0.1, -0.05) is 58.4 Å². The van der Waals surface area contributed by atoms with Crippen LogP contribution in [0, 0.1) is 18.8 Å². The second-order valence-corrected chi connectivity index (χ2v) is 12.1. The normalized spacial score (nSPS) is 14.0. The maximum Gasteiger partial charge on any atom is 0.323 e. The van der Waals surface area contributed by atoms with Crippen molar-refractivity contribution in [3.05, 3.63) is 64.6 Å². The van der Waals surface area contributed by atoms with Crippen LogP contribution in [-0.4, -0.2) is 64.1 Å². The highest BCUT2D eigenvalue weighted by Gasteiger charge is 2.24. The predicted molar refractivity (Wildman–Crippen MR) is 173 cm³/mol. The molecule has 0 radical (unpaired) electrons. The number of amides is 1. The number of carbonyl (C=O) groups excluding carboxylic acids is 3. The summed E-state index contributed by atoms with van der Waals surface area (Å²) in [6.45, 7) is 11.2. The highest BCUT2D eigenvalue weighted by atomic mass is 35.5. The van der Waals surface area contributed by atoms with E-state index in [2.05, 4.69) is 25.6 Å². The summed E-state index contributed by atoms with van der Waals surface area (Å²) in [5, 5.41) is 6.61. The molecule has 4 atom stereocenters. The molecule has 1 unspecified atom stereocenters. The van der Waals surface area contributed by atoms with Gasteiger partial charge in [0.05, 0.1) is 17.8 Å². The van der Waals surface area contributed by atoms with E-state index >= 15 is 0 Å². The fraction of sp³-hybridized carbons (Fsp3) is 0.469. The van der Waals surface area contributed by atoms with Crippen LogP contribution in [0.15, 0.2) is 42.7 Å². The lowest BCUT2D eigenvalue weighted by Gasteiger charge is -2.21. The van der Waals surface area contributed by atoms with E-state index in [9.17, 15) is 14.4 Å². The minimum atomic E-state index is -0.784. The molecule has 1 aromatic carbocycles. The topological polar surface area (TPSA) is 187 Å². The van der Waals surface area contributed by atoms with Crippen molar-refractivity contribution in [2.45, 2.75) is 72.1 Å². The van der Waals surface area contributed by atoms with Crippen molar-refractivity contribution in [2.75, 3.05) is 18.5 Å². The predicted octanol–water partition coefficient (Wildman–Crippen LogP) is 4.15. The number of esters is 2. The molecule has 12 nitrogen and oxygen atoms in total. The highest BCUT2D eigenvalue weighted by Crippen LogP contribution is 2.24. The lowest BCUT2D eigenvalue weighted by Crippen LogP contribution is -2.39. The van der Waals surface area contributed by atoms with Gasteiger partial charge < -0.3 is 36.6 Å². The average Bonchev–Trinajstić information content (AvgIpc) is 3.51. The number of halogens is 1. The van der Waals surface area contributed by atoms with Crippen molar-refractivity contribution in [3.63, 3.8) is 0 Å². The number of anilines is 1. The largest absolute Gasteiger partial charge is 0.462 e. The number of ether oxygens (including phenoxy) is 2. The number of nitrogens with zero attached hydrogens (tertiary/aromatic N) is 2. The standard InChI is InChI=1S/C32H44ClN7O5/c1-7-23(15-44-30(42)26(34)17(2)3)38-32-37-13-19(6)28(40-32)21-12-24(36-14-21)29(41)39-25(20-9-8-10-22(33)11-20)16-45-31(43)27(35)18(4)5/h8-14,17-18,23,25-27,36H,7,15-16,34-35H2,1-6H3,(H,39,41)(H,37,38,40)/t23-,25?,26+,27+/m1/s1. The molecule has 13 heteroatoms. The van der Waals surface area contributed by atoms with Gasteiger partial charge in [-0.2, -0.15) is 0 Å². The Morgan fingerprint density at radius 1 is 1.00 bits per heavy atom. The number of H-pyrrole nitrogens is 1. The van der Waals surface area contributed by atoms with Crippen LogP contribution in [0.4, 0.5) is 5.95 Å². The minimum Gasteiger partial charge on any atom is -0.462 e. The number of nitrogens with two attached hydrogens (primary N) is 2. The molecule has 0 saturated carbocycles. The molecule has 0 saturated heterocycles. The number of hydrogen-bond donors (Lipinski definition) is 5. The number of nitrogens with one attached hydrogen (secondary N) is 3. The van der Waals surface area contributed by atoms with Crippen LogP contribution in [0.1, 0.15) is 68.7 Å². The number of aromatic nitrogens is 3. The molecule has 3 aromatic rings. The van der Waals surface area contributed by atoms with Crippen molar-refractivity contribution < 1.29 is 23.9 Å². The Kier molecular flexibility index (Phi) is 12.9. The van der Waals surface area contributed by atoms with E-state index in [1.807, 2.05) is 41.5 Å². The molecule has 244 valence electrons. The zero-order valence-corrected chi connectivity index (χ0v) is 27.4. The maximum atomic E-state index is 13.4. The van der Waals surface area contributed by atoms with Crippen LogP contribution < -0.4 is 22.1 Å². The first-order valence-electron chi connectivity index (χ1n) is 15.0. The number of aromatic amines is 1. The van der Waals surface area contributed by atoms with Gasteiger partial charge in [-0.15, -0.1) is 0 Å². The molecule has 1 amide bonds. The summed E-state index contributed by atoms with van der Waals surface area (Å²) >= 11 is 6.20. The van der Waals surface area contributed by atoms with Crippen LogP contribution in [0.25, 0.3) is 11.3 Å². The number of rotatable bonds is 15. The molecule has 2 aromatic heterocycles. The number of hydrogen-bond acceptors (Lipinski definition) is 10. The summed E-state index contributed by atoms with van der Waals surface area (Å²) in [6.07, 6.45) is 4.00. The van der Waals surface area contributed by atoms with E-state index in [1.54, 1.807) is 42.7 Å². The van der Waals surface area contributed by atoms with Gasteiger partial charge in [-0.25, -0.2) is 9.97 Å². The lowest BCUT2D eigenvalue weighted by molar-refractivity contribution is -0.147. The van der Waals surface area contributed by atoms with Crippen molar-refractivity contribution in [1.29, 1.82) is 0 Å². The Bertz CT molecular complexity index is 1460. The third kappa shape index (κ3) is 10.0. The molecule has 0 aliphatic carbocycles. The minimum absolute atomic E-state index is 0.0317. The first kappa shape index (κ1) is 35.5. The van der Waals surface area contributed by atoms with Crippen molar-refractivity contribution in [3.8, 4) is 11.3 Å². The Morgan fingerprint density at radius 2 is 1.64 bits per heavy atom.